The SMILES string of the molecule is O=C(NCc1ccccc1Oc1ccccc1)c1cccc(Cl)c1Cl. The Hall–Kier alpha value is -2.49. The lowest BCUT2D eigenvalue weighted by Crippen LogP contribution is -2.23. The highest BCUT2D eigenvalue weighted by Gasteiger charge is 2.13. The number of carbonyl (C=O) groups excluding carboxylic acids is 1. The van der Waals surface area contributed by atoms with Gasteiger partial charge in [-0.25, -0.2) is 0 Å². The molecule has 0 saturated carbocycles. The summed E-state index contributed by atoms with van der Waals surface area (Å²) in [7, 11) is 0. The lowest BCUT2D eigenvalue weighted by atomic mass is 10.1. The molecule has 3 rings (SSSR count). The molecule has 0 aliphatic carbocycles. The Kier molecular flexibility index (Phi) is 5.59. The normalized spacial score (nSPS) is 10.3. The van der Waals surface area contributed by atoms with Crippen LogP contribution in [0, 0.1) is 0 Å². The number of amides is 1. The van der Waals surface area contributed by atoms with Gasteiger partial charge in [0.2, 0.25) is 0 Å². The van der Waals surface area contributed by atoms with E-state index in [4.69, 9.17) is 27.9 Å². The standard InChI is InChI=1S/C20H15Cl2NO2/c21-17-11-6-10-16(19(17)22)20(24)23-13-14-7-4-5-12-18(14)25-15-8-2-1-3-9-15/h1-12H,13H2,(H,23,24). The summed E-state index contributed by atoms with van der Waals surface area (Å²) in [4.78, 5) is 12.4. The van der Waals surface area contributed by atoms with Gasteiger partial charge < -0.3 is 10.1 Å². The lowest BCUT2D eigenvalue weighted by Gasteiger charge is -2.12. The van der Waals surface area contributed by atoms with Crippen LogP contribution in [-0.4, -0.2) is 5.91 Å². The van der Waals surface area contributed by atoms with Crippen molar-refractivity contribution in [3.05, 3.63) is 94.0 Å². The van der Waals surface area contributed by atoms with Crippen LogP contribution in [0.4, 0.5) is 0 Å². The third kappa shape index (κ3) is 4.32. The summed E-state index contributed by atoms with van der Waals surface area (Å²) in [6, 6.07) is 22.0. The van der Waals surface area contributed by atoms with E-state index < -0.39 is 0 Å². The summed E-state index contributed by atoms with van der Waals surface area (Å²) in [5.41, 5.74) is 1.20. The number of para-hydroxylation sites is 2. The van der Waals surface area contributed by atoms with Crippen molar-refractivity contribution >= 4 is 29.1 Å². The van der Waals surface area contributed by atoms with E-state index in [9.17, 15) is 4.79 Å². The van der Waals surface area contributed by atoms with Crippen molar-refractivity contribution in [3.8, 4) is 11.5 Å². The molecular weight excluding hydrogens is 357 g/mol. The zero-order valence-electron chi connectivity index (χ0n) is 13.2. The number of halogens is 2. The van der Waals surface area contributed by atoms with Gasteiger partial charge in [0, 0.05) is 12.1 Å². The minimum Gasteiger partial charge on any atom is -0.457 e. The second-order valence-electron chi connectivity index (χ2n) is 5.31. The summed E-state index contributed by atoms with van der Waals surface area (Å²) < 4.78 is 5.89. The second kappa shape index (κ2) is 8.06. The number of nitrogens with one attached hydrogen (secondary N) is 1. The van der Waals surface area contributed by atoms with E-state index in [1.165, 1.54) is 0 Å². The fourth-order valence-electron chi connectivity index (χ4n) is 2.31. The fraction of sp³-hybridized carbons (Fsp3) is 0.0500. The molecule has 0 bridgehead atoms. The molecule has 0 aliphatic heterocycles. The van der Waals surface area contributed by atoms with Crippen molar-refractivity contribution in [1.82, 2.24) is 5.32 Å². The molecule has 3 aromatic carbocycles. The van der Waals surface area contributed by atoms with Gasteiger partial charge in [-0.2, -0.15) is 0 Å². The van der Waals surface area contributed by atoms with Crippen LogP contribution < -0.4 is 10.1 Å². The molecule has 25 heavy (non-hydrogen) atoms. The molecule has 5 heteroatoms. The van der Waals surface area contributed by atoms with Crippen LogP contribution in [0.3, 0.4) is 0 Å². The van der Waals surface area contributed by atoms with Crippen molar-refractivity contribution in [3.63, 3.8) is 0 Å². The Morgan fingerprint density at radius 2 is 1.60 bits per heavy atom. The van der Waals surface area contributed by atoms with Gasteiger partial charge in [-0.1, -0.05) is 65.7 Å². The number of carbonyl (C=O) groups is 1. The average molecular weight is 372 g/mol. The van der Waals surface area contributed by atoms with Crippen molar-refractivity contribution in [2.24, 2.45) is 0 Å². The molecular formula is C20H15Cl2NO2. The quantitative estimate of drug-likeness (QED) is 0.623. The molecule has 3 aromatic rings. The van der Waals surface area contributed by atoms with Crippen LogP contribution in [0.5, 0.6) is 11.5 Å². The molecule has 3 nitrogen and oxygen atoms in total. The zero-order valence-corrected chi connectivity index (χ0v) is 14.7. The van der Waals surface area contributed by atoms with Crippen LogP contribution in [0.25, 0.3) is 0 Å². The number of ether oxygens (including phenoxy) is 1. The first-order valence-corrected chi connectivity index (χ1v) is 8.44. The Bertz CT molecular complexity index is 882. The number of hydrogen-bond acceptors (Lipinski definition) is 2. The van der Waals surface area contributed by atoms with E-state index in [-0.39, 0.29) is 10.9 Å². The highest BCUT2D eigenvalue weighted by atomic mass is 35.5. The van der Waals surface area contributed by atoms with E-state index in [0.717, 1.165) is 11.3 Å². The van der Waals surface area contributed by atoms with E-state index in [1.54, 1.807) is 18.2 Å². The molecule has 1 N–H and O–H groups in total. The highest BCUT2D eigenvalue weighted by molar-refractivity contribution is 6.43. The minimum atomic E-state index is -0.290. The summed E-state index contributed by atoms with van der Waals surface area (Å²) in [5, 5.41) is 3.44. The van der Waals surface area contributed by atoms with Gasteiger partial charge in [0.15, 0.2) is 0 Å². The fourth-order valence-corrected chi connectivity index (χ4v) is 2.70. The van der Waals surface area contributed by atoms with Crippen LogP contribution in [-0.2, 0) is 6.54 Å². The minimum absolute atomic E-state index is 0.246. The van der Waals surface area contributed by atoms with Gasteiger partial charge >= 0.3 is 0 Å². The Balaban J connectivity index is 1.73. The average Bonchev–Trinajstić information content (AvgIpc) is 2.64. The second-order valence-corrected chi connectivity index (χ2v) is 6.09. The Morgan fingerprint density at radius 1 is 0.880 bits per heavy atom. The van der Waals surface area contributed by atoms with Crippen LogP contribution >= 0.6 is 23.2 Å². The van der Waals surface area contributed by atoms with Gasteiger partial charge in [-0.3, -0.25) is 4.79 Å². The summed E-state index contributed by atoms with van der Waals surface area (Å²) in [6.45, 7) is 0.310. The maximum Gasteiger partial charge on any atom is 0.253 e. The van der Waals surface area contributed by atoms with E-state index >= 15 is 0 Å². The molecule has 0 unspecified atom stereocenters. The van der Waals surface area contributed by atoms with Gasteiger partial charge in [-0.05, 0) is 30.3 Å². The van der Waals surface area contributed by atoms with Gasteiger partial charge in [-0.15, -0.1) is 0 Å². The third-order valence-electron chi connectivity index (χ3n) is 3.58. The monoisotopic (exact) mass is 371 g/mol. The molecule has 126 valence electrons. The first-order chi connectivity index (χ1) is 12.1. The maximum atomic E-state index is 12.4. The Labute approximate surface area is 156 Å². The van der Waals surface area contributed by atoms with Gasteiger partial charge in [0.25, 0.3) is 5.91 Å². The molecule has 0 aromatic heterocycles. The smallest absolute Gasteiger partial charge is 0.253 e. The zero-order chi connectivity index (χ0) is 17.6. The molecule has 0 fully saturated rings. The number of rotatable bonds is 5. The van der Waals surface area contributed by atoms with Gasteiger partial charge in [0.1, 0.15) is 11.5 Å². The van der Waals surface area contributed by atoms with E-state index in [0.29, 0.717) is 22.9 Å². The van der Waals surface area contributed by atoms with Crippen molar-refractivity contribution in [2.45, 2.75) is 6.54 Å². The largest absolute Gasteiger partial charge is 0.457 e. The highest BCUT2D eigenvalue weighted by Crippen LogP contribution is 2.27. The number of benzene rings is 3. The lowest BCUT2D eigenvalue weighted by molar-refractivity contribution is 0.0951. The van der Waals surface area contributed by atoms with E-state index in [2.05, 4.69) is 5.32 Å². The number of hydrogen-bond donors (Lipinski definition) is 1. The summed E-state index contributed by atoms with van der Waals surface area (Å²) >= 11 is 12.0. The third-order valence-corrected chi connectivity index (χ3v) is 4.40. The molecule has 0 aliphatic rings. The first-order valence-electron chi connectivity index (χ1n) is 7.68. The summed E-state index contributed by atoms with van der Waals surface area (Å²) in [6.07, 6.45) is 0. The Morgan fingerprint density at radius 3 is 2.40 bits per heavy atom. The van der Waals surface area contributed by atoms with Crippen LogP contribution in [0.1, 0.15) is 15.9 Å². The predicted octanol–water partition coefficient (Wildman–Crippen LogP) is 5.72. The van der Waals surface area contributed by atoms with Crippen LogP contribution in [0.2, 0.25) is 10.0 Å². The topological polar surface area (TPSA) is 38.3 Å². The molecule has 0 heterocycles. The molecule has 0 atom stereocenters. The first kappa shape index (κ1) is 17.3. The molecule has 0 saturated heterocycles. The van der Waals surface area contributed by atoms with Crippen molar-refractivity contribution < 1.29 is 9.53 Å². The van der Waals surface area contributed by atoms with Crippen molar-refractivity contribution in [1.29, 1.82) is 0 Å². The van der Waals surface area contributed by atoms with E-state index in [1.807, 2.05) is 54.6 Å². The van der Waals surface area contributed by atoms with Crippen molar-refractivity contribution in [2.75, 3.05) is 0 Å². The van der Waals surface area contributed by atoms with Crippen LogP contribution in [0.15, 0.2) is 72.8 Å². The summed E-state index contributed by atoms with van der Waals surface area (Å²) in [5.74, 6) is 1.13. The van der Waals surface area contributed by atoms with Gasteiger partial charge in [0.05, 0.1) is 15.6 Å². The molecule has 1 amide bonds. The molecule has 0 spiro atoms. The molecule has 0 radical (unpaired) electrons. The predicted molar refractivity (Wildman–Crippen MR) is 101 cm³/mol. The maximum absolute atomic E-state index is 12.4.